The van der Waals surface area contributed by atoms with Crippen molar-refractivity contribution in [2.45, 2.75) is 0 Å². The number of rotatable bonds is 2. The highest BCUT2D eigenvalue weighted by molar-refractivity contribution is 5.89. The van der Waals surface area contributed by atoms with E-state index in [1.54, 1.807) is 12.4 Å². The molecule has 5 N–H and O–H groups in total. The molecule has 0 radical (unpaired) electrons. The number of hydrogen-bond acceptors (Lipinski definition) is 5. The minimum absolute atomic E-state index is 0.558. The molecule has 1 aliphatic heterocycles. The van der Waals surface area contributed by atoms with Gasteiger partial charge >= 0.3 is 11.9 Å². The monoisotopic (exact) mass is 348 g/mol. The van der Waals surface area contributed by atoms with Gasteiger partial charge in [0.1, 0.15) is 0 Å². The Balaban J connectivity index is 0.000000310. The number of piperazine rings is 1. The van der Waals surface area contributed by atoms with Gasteiger partial charge in [-0.2, -0.15) is 0 Å². The van der Waals surface area contributed by atoms with E-state index in [2.05, 4.69) is 20.6 Å². The summed E-state index contributed by atoms with van der Waals surface area (Å²) in [6.07, 6.45) is 8.37. The molecule has 3 heterocycles. The van der Waals surface area contributed by atoms with E-state index in [4.69, 9.17) is 10.2 Å². The fraction of sp³-hybridized carbons (Fsp3) is 0.235. The van der Waals surface area contributed by atoms with Gasteiger partial charge in [0, 0.05) is 63.1 Å². The molecular weight excluding hydrogens is 324 g/mol. The average Bonchev–Trinajstić information content (AvgIpc) is 3.24. The summed E-state index contributed by atoms with van der Waals surface area (Å²) < 4.78 is 0. The fourth-order valence-corrected chi connectivity index (χ4v) is 1.34. The topological polar surface area (TPSA) is 127 Å². The number of H-pyrrole nitrogens is 1. The van der Waals surface area contributed by atoms with Gasteiger partial charge in [-0.1, -0.05) is 6.07 Å². The fourth-order valence-electron chi connectivity index (χ4n) is 1.34. The van der Waals surface area contributed by atoms with Gasteiger partial charge < -0.3 is 25.8 Å². The summed E-state index contributed by atoms with van der Waals surface area (Å²) in [5, 5.41) is 22.1. The van der Waals surface area contributed by atoms with Crippen molar-refractivity contribution in [2.24, 2.45) is 0 Å². The van der Waals surface area contributed by atoms with Gasteiger partial charge in [0.05, 0.1) is 0 Å². The highest BCUT2D eigenvalue weighted by atomic mass is 16.4. The Morgan fingerprint density at radius 2 is 1.20 bits per heavy atom. The third kappa shape index (κ3) is 21.0. The number of aliphatic carboxylic acids is 2. The van der Waals surface area contributed by atoms with Crippen LogP contribution in [-0.4, -0.2) is 58.3 Å². The third-order valence-electron chi connectivity index (χ3n) is 2.39. The first-order valence-corrected chi connectivity index (χ1v) is 7.61. The average molecular weight is 348 g/mol. The second kappa shape index (κ2) is 17.4. The van der Waals surface area contributed by atoms with E-state index in [-0.39, 0.29) is 0 Å². The Morgan fingerprint density at radius 3 is 1.36 bits per heavy atom. The Labute approximate surface area is 146 Å². The second-order valence-corrected chi connectivity index (χ2v) is 4.42. The standard InChI is InChI=1S/C5H5N.C4H10N2.C4H5N.C4H4O4/c1-2-4-6-5-3-1;1-2-6-4-3-5-1;1-2-4-5-3-1;5-3(6)1-2-4(7)8/h1-5H;5-6H,1-4H2;1-5H;1-2H,(H,5,6)(H,7,8)/b;;;2-1-. The van der Waals surface area contributed by atoms with E-state index in [0.717, 1.165) is 26.2 Å². The van der Waals surface area contributed by atoms with E-state index in [1.807, 2.05) is 42.7 Å². The molecule has 25 heavy (non-hydrogen) atoms. The van der Waals surface area contributed by atoms with Crippen LogP contribution in [0.2, 0.25) is 0 Å². The van der Waals surface area contributed by atoms with Crippen LogP contribution in [0.4, 0.5) is 0 Å². The maximum absolute atomic E-state index is 9.55. The second-order valence-electron chi connectivity index (χ2n) is 4.42. The highest BCUT2D eigenvalue weighted by Crippen LogP contribution is 1.74. The molecule has 1 fully saturated rings. The first kappa shape index (κ1) is 22.0. The molecule has 0 saturated carbocycles. The van der Waals surface area contributed by atoms with Crippen LogP contribution in [0.3, 0.4) is 0 Å². The Hall–Kier alpha value is -2.97. The number of nitrogens with one attached hydrogen (secondary N) is 3. The van der Waals surface area contributed by atoms with Gasteiger partial charge in [0.15, 0.2) is 0 Å². The number of carbonyl (C=O) groups is 2. The van der Waals surface area contributed by atoms with Crippen molar-refractivity contribution in [1.82, 2.24) is 20.6 Å². The molecule has 0 bridgehead atoms. The zero-order valence-electron chi connectivity index (χ0n) is 13.8. The zero-order chi connectivity index (χ0) is 18.6. The maximum Gasteiger partial charge on any atom is 0.328 e. The van der Waals surface area contributed by atoms with Crippen molar-refractivity contribution in [3.8, 4) is 0 Å². The van der Waals surface area contributed by atoms with Gasteiger partial charge in [0.2, 0.25) is 0 Å². The van der Waals surface area contributed by atoms with E-state index >= 15 is 0 Å². The van der Waals surface area contributed by atoms with Gasteiger partial charge in [-0.3, -0.25) is 4.98 Å². The SMILES string of the molecule is C1CNCCN1.O=C(O)/C=C\C(=O)O.c1cc[nH]c1.c1ccncc1. The van der Waals surface area contributed by atoms with Crippen LogP contribution in [0.25, 0.3) is 0 Å². The smallest absolute Gasteiger partial charge is 0.328 e. The summed E-state index contributed by atoms with van der Waals surface area (Å²) in [7, 11) is 0. The van der Waals surface area contributed by atoms with Gasteiger partial charge in [-0.15, -0.1) is 0 Å². The minimum atomic E-state index is -1.26. The first-order valence-electron chi connectivity index (χ1n) is 7.61. The van der Waals surface area contributed by atoms with Crippen LogP contribution in [-0.2, 0) is 9.59 Å². The van der Waals surface area contributed by atoms with Crippen molar-refractivity contribution < 1.29 is 19.8 Å². The number of carboxylic acid groups (broad SMARTS) is 2. The van der Waals surface area contributed by atoms with Crippen LogP contribution < -0.4 is 10.6 Å². The summed E-state index contributed by atoms with van der Waals surface area (Å²) in [4.78, 5) is 25.8. The number of nitrogens with zero attached hydrogens (tertiary/aromatic N) is 1. The molecule has 3 rings (SSSR count). The van der Waals surface area contributed by atoms with Crippen molar-refractivity contribution in [2.75, 3.05) is 26.2 Å². The highest BCUT2D eigenvalue weighted by Gasteiger charge is 1.91. The Kier molecular flexibility index (Phi) is 15.3. The van der Waals surface area contributed by atoms with E-state index in [1.165, 1.54) is 0 Å². The molecule has 2 aromatic rings. The summed E-state index contributed by atoms with van der Waals surface area (Å²) in [5.74, 6) is -2.51. The predicted octanol–water partition coefficient (Wildman–Crippen LogP) is 0.987. The first-order chi connectivity index (χ1) is 12.1. The van der Waals surface area contributed by atoms with E-state index < -0.39 is 11.9 Å². The lowest BCUT2D eigenvalue weighted by Gasteiger charge is -2.11. The maximum atomic E-state index is 9.55. The molecule has 8 nitrogen and oxygen atoms in total. The van der Waals surface area contributed by atoms with E-state index in [9.17, 15) is 9.59 Å². The molecule has 0 amide bonds. The summed E-state index contributed by atoms with van der Waals surface area (Å²) >= 11 is 0. The molecule has 1 saturated heterocycles. The van der Waals surface area contributed by atoms with E-state index in [0.29, 0.717) is 12.2 Å². The quantitative estimate of drug-likeness (QED) is 0.512. The largest absolute Gasteiger partial charge is 0.478 e. The molecular formula is C17H24N4O4. The molecule has 1 aliphatic rings. The van der Waals surface area contributed by atoms with Crippen LogP contribution >= 0.6 is 0 Å². The van der Waals surface area contributed by atoms with Crippen LogP contribution in [0.5, 0.6) is 0 Å². The Bertz CT molecular complexity index is 484. The normalized spacial score (nSPS) is 12.3. The molecule has 0 aromatic carbocycles. The molecule has 8 heteroatoms. The third-order valence-corrected chi connectivity index (χ3v) is 2.39. The number of aromatic amines is 1. The van der Waals surface area contributed by atoms with Crippen molar-refractivity contribution in [3.63, 3.8) is 0 Å². The lowest BCUT2D eigenvalue weighted by Crippen LogP contribution is -2.39. The van der Waals surface area contributed by atoms with Crippen LogP contribution in [0, 0.1) is 0 Å². The lowest BCUT2D eigenvalue weighted by atomic mass is 10.4. The number of pyridine rings is 1. The zero-order valence-corrected chi connectivity index (χ0v) is 13.8. The van der Waals surface area contributed by atoms with Gasteiger partial charge in [-0.25, -0.2) is 9.59 Å². The van der Waals surface area contributed by atoms with Crippen molar-refractivity contribution in [3.05, 3.63) is 67.3 Å². The summed E-state index contributed by atoms with van der Waals surface area (Å²) in [6.45, 7) is 4.56. The van der Waals surface area contributed by atoms with Crippen LogP contribution in [0.15, 0.2) is 67.3 Å². The summed E-state index contributed by atoms with van der Waals surface area (Å²) in [5.41, 5.74) is 0. The number of hydrogen-bond donors (Lipinski definition) is 5. The molecule has 0 atom stereocenters. The van der Waals surface area contributed by atoms with Gasteiger partial charge in [0.25, 0.3) is 0 Å². The van der Waals surface area contributed by atoms with Gasteiger partial charge in [-0.05, 0) is 24.3 Å². The van der Waals surface area contributed by atoms with Crippen molar-refractivity contribution >= 4 is 11.9 Å². The number of carboxylic acids is 2. The van der Waals surface area contributed by atoms with Crippen LogP contribution in [0.1, 0.15) is 0 Å². The van der Waals surface area contributed by atoms with Crippen molar-refractivity contribution in [1.29, 1.82) is 0 Å². The molecule has 0 aliphatic carbocycles. The molecule has 136 valence electrons. The summed E-state index contributed by atoms with van der Waals surface area (Å²) in [6, 6.07) is 9.60. The molecule has 0 unspecified atom stereocenters. The Morgan fingerprint density at radius 1 is 0.760 bits per heavy atom. The lowest BCUT2D eigenvalue weighted by molar-refractivity contribution is -0.134. The molecule has 0 spiro atoms. The predicted molar refractivity (Wildman–Crippen MR) is 95.2 cm³/mol. The minimum Gasteiger partial charge on any atom is -0.478 e. The molecule has 2 aromatic heterocycles. The number of aromatic nitrogens is 2.